The molecule has 21 heavy (non-hydrogen) atoms. The normalized spacial score (nSPS) is 10.5. The maximum atomic E-state index is 12.3. The Balaban J connectivity index is 1.77. The quantitative estimate of drug-likeness (QED) is 0.753. The monoisotopic (exact) mass is 296 g/mol. The summed E-state index contributed by atoms with van der Waals surface area (Å²) in [7, 11) is 0. The summed E-state index contributed by atoms with van der Waals surface area (Å²) in [5, 5.41) is 6.16. The van der Waals surface area contributed by atoms with Crippen molar-refractivity contribution in [2.24, 2.45) is 0 Å². The van der Waals surface area contributed by atoms with Crippen molar-refractivity contribution in [3.63, 3.8) is 0 Å². The van der Waals surface area contributed by atoms with Gasteiger partial charge >= 0.3 is 0 Å². The Morgan fingerprint density at radius 3 is 2.71 bits per heavy atom. The lowest BCUT2D eigenvalue weighted by Crippen LogP contribution is -2.29. The molecule has 0 saturated carbocycles. The minimum Gasteiger partial charge on any atom is -0.343 e. The average Bonchev–Trinajstić information content (AvgIpc) is 3.06. The Bertz CT molecular complexity index is 792. The number of nitrogens with zero attached hydrogens (tertiary/aromatic N) is 1. The van der Waals surface area contributed by atoms with Gasteiger partial charge in [0.25, 0.3) is 5.91 Å². The van der Waals surface area contributed by atoms with Crippen LogP contribution in [0.2, 0.25) is 0 Å². The van der Waals surface area contributed by atoms with Crippen molar-refractivity contribution >= 4 is 33.8 Å². The van der Waals surface area contributed by atoms with Crippen molar-refractivity contribution in [3.8, 4) is 0 Å². The summed E-state index contributed by atoms with van der Waals surface area (Å²) in [4.78, 5) is 28.0. The van der Waals surface area contributed by atoms with Gasteiger partial charge in [-0.05, 0) is 10.8 Å². The Hall–Kier alpha value is -2.53. The smallest absolute Gasteiger partial charge is 0.271 e. The number of fused-ring (bicyclic) bond motifs is 1. The number of carbonyl (C=O) groups excluding carboxylic acids is 2. The molecule has 1 N–H and O–H groups in total. The number of carbonyl (C=O) groups is 2. The highest BCUT2D eigenvalue weighted by molar-refractivity contribution is 7.07. The Morgan fingerprint density at radius 2 is 1.90 bits per heavy atom. The molecule has 0 aliphatic carbocycles. The van der Waals surface area contributed by atoms with Gasteiger partial charge in [-0.3, -0.25) is 9.59 Å². The minimum atomic E-state index is -0.329. The van der Waals surface area contributed by atoms with Crippen LogP contribution in [0.4, 0.5) is 0 Å². The molecule has 0 spiro atoms. The van der Waals surface area contributed by atoms with Gasteiger partial charge in [0.2, 0.25) is 0 Å². The molecule has 1 amide bonds. The Kier molecular flexibility index (Phi) is 3.75. The molecule has 0 aliphatic rings. The van der Waals surface area contributed by atoms with E-state index in [2.05, 4.69) is 10.3 Å². The van der Waals surface area contributed by atoms with Crippen molar-refractivity contribution in [1.82, 2.24) is 10.3 Å². The van der Waals surface area contributed by atoms with E-state index >= 15 is 0 Å². The van der Waals surface area contributed by atoms with E-state index in [1.165, 1.54) is 11.3 Å². The Morgan fingerprint density at radius 1 is 1.10 bits per heavy atom. The number of ketones is 1. The van der Waals surface area contributed by atoms with E-state index in [-0.39, 0.29) is 18.2 Å². The highest BCUT2D eigenvalue weighted by Crippen LogP contribution is 2.18. The number of amides is 1. The van der Waals surface area contributed by atoms with Crippen LogP contribution in [0.3, 0.4) is 0 Å². The van der Waals surface area contributed by atoms with E-state index in [1.54, 1.807) is 17.0 Å². The summed E-state index contributed by atoms with van der Waals surface area (Å²) < 4.78 is 0. The number of rotatable bonds is 4. The lowest BCUT2D eigenvalue weighted by molar-refractivity contribution is 0.0902. The van der Waals surface area contributed by atoms with Gasteiger partial charge < -0.3 is 5.32 Å². The van der Waals surface area contributed by atoms with Gasteiger partial charge in [-0.15, -0.1) is 11.3 Å². The van der Waals surface area contributed by atoms with Crippen LogP contribution < -0.4 is 5.32 Å². The van der Waals surface area contributed by atoms with Gasteiger partial charge in [-0.25, -0.2) is 4.98 Å². The van der Waals surface area contributed by atoms with Crippen LogP contribution in [-0.2, 0) is 0 Å². The molecule has 1 heterocycles. The number of hydrogen-bond donors (Lipinski definition) is 1. The average molecular weight is 296 g/mol. The number of aromatic nitrogens is 1. The summed E-state index contributed by atoms with van der Waals surface area (Å²) in [5.41, 5.74) is 2.54. The van der Waals surface area contributed by atoms with Gasteiger partial charge in [0.15, 0.2) is 5.78 Å². The molecular formula is C16H12N2O2S. The number of Topliss-reactive ketones (excluding diaryl/α,β-unsaturated/α-hetero) is 1. The molecule has 2 aromatic carbocycles. The highest BCUT2D eigenvalue weighted by Gasteiger charge is 2.13. The summed E-state index contributed by atoms with van der Waals surface area (Å²) in [6, 6.07) is 13.3. The maximum Gasteiger partial charge on any atom is 0.271 e. The molecular weight excluding hydrogens is 284 g/mol. The first kappa shape index (κ1) is 13.5. The second-order valence-electron chi connectivity index (χ2n) is 4.51. The molecule has 5 heteroatoms. The fourth-order valence-electron chi connectivity index (χ4n) is 2.14. The zero-order valence-electron chi connectivity index (χ0n) is 11.1. The van der Waals surface area contributed by atoms with Gasteiger partial charge in [-0.1, -0.05) is 42.5 Å². The summed E-state index contributed by atoms with van der Waals surface area (Å²) in [5.74, 6) is -0.444. The molecule has 104 valence electrons. The van der Waals surface area contributed by atoms with Gasteiger partial charge in [0.1, 0.15) is 5.69 Å². The van der Waals surface area contributed by atoms with Crippen molar-refractivity contribution in [2.45, 2.75) is 0 Å². The zero-order valence-corrected chi connectivity index (χ0v) is 11.9. The summed E-state index contributed by atoms with van der Waals surface area (Å²) in [6.07, 6.45) is 0. The predicted octanol–water partition coefficient (Wildman–Crippen LogP) is 2.91. The maximum absolute atomic E-state index is 12.3. The third-order valence-electron chi connectivity index (χ3n) is 3.16. The van der Waals surface area contributed by atoms with E-state index in [0.717, 1.165) is 10.8 Å². The first-order valence-corrected chi connectivity index (χ1v) is 7.37. The summed E-state index contributed by atoms with van der Waals surface area (Å²) >= 11 is 1.34. The van der Waals surface area contributed by atoms with E-state index in [4.69, 9.17) is 0 Å². The van der Waals surface area contributed by atoms with Crippen molar-refractivity contribution in [1.29, 1.82) is 0 Å². The van der Waals surface area contributed by atoms with Crippen LogP contribution in [0.1, 0.15) is 20.8 Å². The van der Waals surface area contributed by atoms with Crippen LogP contribution in [0, 0.1) is 0 Å². The molecule has 0 atom stereocenters. The number of hydrogen-bond acceptors (Lipinski definition) is 4. The number of benzene rings is 2. The minimum absolute atomic E-state index is 0.0373. The lowest BCUT2D eigenvalue weighted by atomic mass is 10.0. The Labute approximate surface area is 125 Å². The third-order valence-corrected chi connectivity index (χ3v) is 3.75. The zero-order chi connectivity index (χ0) is 14.7. The molecule has 3 rings (SSSR count). The SMILES string of the molecule is O=C(NCC(=O)c1cccc2ccccc12)c1cscn1. The largest absolute Gasteiger partial charge is 0.343 e. The third kappa shape index (κ3) is 2.83. The predicted molar refractivity (Wildman–Crippen MR) is 82.7 cm³/mol. The van der Waals surface area contributed by atoms with E-state index in [1.807, 2.05) is 36.4 Å². The van der Waals surface area contributed by atoms with Crippen LogP contribution in [0.15, 0.2) is 53.4 Å². The molecule has 0 saturated heterocycles. The van der Waals surface area contributed by atoms with Crippen LogP contribution >= 0.6 is 11.3 Å². The van der Waals surface area contributed by atoms with Gasteiger partial charge in [0.05, 0.1) is 12.1 Å². The van der Waals surface area contributed by atoms with Crippen LogP contribution in [0.5, 0.6) is 0 Å². The molecule has 0 radical (unpaired) electrons. The van der Waals surface area contributed by atoms with E-state index in [0.29, 0.717) is 11.3 Å². The lowest BCUT2D eigenvalue weighted by Gasteiger charge is -2.06. The standard InChI is InChI=1S/C16H12N2O2S/c19-15(8-17-16(20)14-9-21-10-18-14)13-7-3-5-11-4-1-2-6-12(11)13/h1-7,9-10H,8H2,(H,17,20). The number of thiazole rings is 1. The molecule has 4 nitrogen and oxygen atoms in total. The number of nitrogens with one attached hydrogen (secondary N) is 1. The van der Waals surface area contributed by atoms with Crippen molar-refractivity contribution in [3.05, 3.63) is 64.6 Å². The van der Waals surface area contributed by atoms with Crippen molar-refractivity contribution < 1.29 is 9.59 Å². The first-order chi connectivity index (χ1) is 10.3. The molecule has 0 unspecified atom stereocenters. The second-order valence-corrected chi connectivity index (χ2v) is 5.22. The van der Waals surface area contributed by atoms with Crippen LogP contribution in [0.25, 0.3) is 10.8 Å². The molecule has 0 fully saturated rings. The molecule has 3 aromatic rings. The van der Waals surface area contributed by atoms with Crippen LogP contribution in [-0.4, -0.2) is 23.2 Å². The fraction of sp³-hybridized carbons (Fsp3) is 0.0625. The van der Waals surface area contributed by atoms with Gasteiger partial charge in [0, 0.05) is 10.9 Å². The molecule has 1 aromatic heterocycles. The summed E-state index contributed by atoms with van der Waals surface area (Å²) in [6.45, 7) is -0.0373. The van der Waals surface area contributed by atoms with E-state index < -0.39 is 0 Å². The first-order valence-electron chi connectivity index (χ1n) is 6.43. The highest BCUT2D eigenvalue weighted by atomic mass is 32.1. The van der Waals surface area contributed by atoms with E-state index in [9.17, 15) is 9.59 Å². The fourth-order valence-corrected chi connectivity index (χ4v) is 2.67. The topological polar surface area (TPSA) is 59.1 Å². The second kappa shape index (κ2) is 5.85. The van der Waals surface area contributed by atoms with Crippen molar-refractivity contribution in [2.75, 3.05) is 6.54 Å². The molecule has 0 bridgehead atoms. The molecule has 0 aliphatic heterocycles. The van der Waals surface area contributed by atoms with Gasteiger partial charge in [-0.2, -0.15) is 0 Å².